The van der Waals surface area contributed by atoms with Gasteiger partial charge in [-0.3, -0.25) is 0 Å². The summed E-state index contributed by atoms with van der Waals surface area (Å²) in [5, 5.41) is 9.30. The summed E-state index contributed by atoms with van der Waals surface area (Å²) in [6.45, 7) is 4.40. The normalized spacial score (nSPS) is 44.0. The maximum absolute atomic E-state index is 9.30. The SMILES string of the molecule is COC[C@@H]1OC(C)(C)O[C@@H]1C1CC(O)C1. The average molecular weight is 216 g/mol. The molecule has 1 saturated heterocycles. The predicted molar refractivity (Wildman–Crippen MR) is 54.4 cm³/mol. The van der Waals surface area contributed by atoms with E-state index in [0.29, 0.717) is 12.5 Å². The van der Waals surface area contributed by atoms with Crippen molar-refractivity contribution in [1.82, 2.24) is 0 Å². The molecule has 1 aliphatic carbocycles. The Hall–Kier alpha value is -0.160. The second-order valence-electron chi connectivity index (χ2n) is 4.98. The number of rotatable bonds is 3. The van der Waals surface area contributed by atoms with Gasteiger partial charge in [0, 0.05) is 7.11 Å². The quantitative estimate of drug-likeness (QED) is 0.762. The van der Waals surface area contributed by atoms with Crippen molar-refractivity contribution in [3.63, 3.8) is 0 Å². The minimum absolute atomic E-state index is 0.00231. The lowest BCUT2D eigenvalue weighted by molar-refractivity contribution is -0.159. The third-order valence-electron chi connectivity index (χ3n) is 3.17. The highest BCUT2D eigenvalue weighted by molar-refractivity contribution is 4.93. The summed E-state index contributed by atoms with van der Waals surface area (Å²) in [7, 11) is 1.67. The fourth-order valence-electron chi connectivity index (χ4n) is 2.45. The lowest BCUT2D eigenvalue weighted by atomic mass is 9.77. The zero-order chi connectivity index (χ0) is 11.1. The third-order valence-corrected chi connectivity index (χ3v) is 3.17. The van der Waals surface area contributed by atoms with Crippen LogP contribution in [0.3, 0.4) is 0 Å². The van der Waals surface area contributed by atoms with Crippen LogP contribution in [0.4, 0.5) is 0 Å². The molecule has 1 saturated carbocycles. The lowest BCUT2D eigenvalue weighted by Crippen LogP contribution is -2.43. The summed E-state index contributed by atoms with van der Waals surface area (Å²) >= 11 is 0. The van der Waals surface area contributed by atoms with E-state index in [-0.39, 0.29) is 18.3 Å². The van der Waals surface area contributed by atoms with Gasteiger partial charge in [-0.25, -0.2) is 0 Å². The van der Waals surface area contributed by atoms with Crippen molar-refractivity contribution < 1.29 is 19.3 Å². The Morgan fingerprint density at radius 2 is 2.00 bits per heavy atom. The maximum atomic E-state index is 9.30. The van der Waals surface area contributed by atoms with Crippen LogP contribution in [0.25, 0.3) is 0 Å². The van der Waals surface area contributed by atoms with Crippen molar-refractivity contribution in [2.24, 2.45) is 5.92 Å². The minimum atomic E-state index is -0.519. The number of aliphatic hydroxyl groups is 1. The molecular weight excluding hydrogens is 196 g/mol. The second kappa shape index (κ2) is 4.01. The maximum Gasteiger partial charge on any atom is 0.163 e. The summed E-state index contributed by atoms with van der Waals surface area (Å²) in [5.74, 6) is -0.101. The van der Waals surface area contributed by atoms with E-state index in [2.05, 4.69) is 0 Å². The molecule has 0 aromatic rings. The van der Waals surface area contributed by atoms with Gasteiger partial charge in [0.2, 0.25) is 0 Å². The van der Waals surface area contributed by atoms with Crippen LogP contribution in [0, 0.1) is 5.92 Å². The first kappa shape index (κ1) is 11.3. The molecule has 0 unspecified atom stereocenters. The molecule has 0 radical (unpaired) electrons. The molecule has 0 aromatic heterocycles. The standard InChI is InChI=1S/C11H20O4/c1-11(2)14-9(6-13-3)10(15-11)7-4-8(12)5-7/h7-10,12H,4-6H2,1-3H3/t7?,8?,9-,10+/m0/s1. The highest BCUT2D eigenvalue weighted by Crippen LogP contribution is 2.40. The molecule has 4 heteroatoms. The summed E-state index contributed by atoms with van der Waals surface area (Å²) in [4.78, 5) is 0. The smallest absolute Gasteiger partial charge is 0.163 e. The fourth-order valence-corrected chi connectivity index (χ4v) is 2.45. The number of methoxy groups -OCH3 is 1. The molecule has 0 spiro atoms. The van der Waals surface area contributed by atoms with Crippen LogP contribution in [-0.4, -0.2) is 42.9 Å². The highest BCUT2D eigenvalue weighted by atomic mass is 16.8. The van der Waals surface area contributed by atoms with Crippen molar-refractivity contribution >= 4 is 0 Å². The molecule has 0 amide bonds. The van der Waals surface area contributed by atoms with Crippen LogP contribution in [0.15, 0.2) is 0 Å². The van der Waals surface area contributed by atoms with Crippen molar-refractivity contribution in [1.29, 1.82) is 0 Å². The largest absolute Gasteiger partial charge is 0.393 e. The third kappa shape index (κ3) is 2.33. The Kier molecular flexibility index (Phi) is 3.03. The van der Waals surface area contributed by atoms with Crippen LogP contribution < -0.4 is 0 Å². The molecule has 0 aromatic carbocycles. The van der Waals surface area contributed by atoms with Crippen LogP contribution in [0.2, 0.25) is 0 Å². The molecule has 88 valence electrons. The van der Waals surface area contributed by atoms with Gasteiger partial charge in [-0.15, -0.1) is 0 Å². The van der Waals surface area contributed by atoms with Gasteiger partial charge in [0.05, 0.1) is 18.8 Å². The van der Waals surface area contributed by atoms with Crippen molar-refractivity contribution in [3.8, 4) is 0 Å². The number of aliphatic hydroxyl groups excluding tert-OH is 1. The molecule has 4 nitrogen and oxygen atoms in total. The monoisotopic (exact) mass is 216 g/mol. The van der Waals surface area contributed by atoms with Gasteiger partial charge in [0.25, 0.3) is 0 Å². The van der Waals surface area contributed by atoms with Crippen LogP contribution in [0.1, 0.15) is 26.7 Å². The number of ether oxygens (including phenoxy) is 3. The first-order chi connectivity index (χ1) is 7.02. The first-order valence-corrected chi connectivity index (χ1v) is 5.54. The van der Waals surface area contributed by atoms with Crippen LogP contribution in [0.5, 0.6) is 0 Å². The molecule has 2 rings (SSSR count). The van der Waals surface area contributed by atoms with Gasteiger partial charge in [0.15, 0.2) is 5.79 Å². The molecule has 1 aliphatic heterocycles. The van der Waals surface area contributed by atoms with Gasteiger partial charge >= 0.3 is 0 Å². The zero-order valence-electron chi connectivity index (χ0n) is 9.60. The lowest BCUT2D eigenvalue weighted by Gasteiger charge is -2.36. The zero-order valence-corrected chi connectivity index (χ0v) is 9.60. The summed E-state index contributed by atoms with van der Waals surface area (Å²) in [6.07, 6.45) is 1.57. The molecule has 2 aliphatic rings. The Bertz CT molecular complexity index is 223. The molecular formula is C11H20O4. The van der Waals surface area contributed by atoms with E-state index in [9.17, 15) is 5.11 Å². The Balaban J connectivity index is 1.96. The van der Waals surface area contributed by atoms with Crippen molar-refractivity contribution in [3.05, 3.63) is 0 Å². The van der Waals surface area contributed by atoms with Gasteiger partial charge in [-0.2, -0.15) is 0 Å². The van der Waals surface area contributed by atoms with Gasteiger partial charge in [-0.05, 0) is 32.6 Å². The van der Waals surface area contributed by atoms with Crippen molar-refractivity contribution in [2.45, 2.75) is 50.8 Å². The number of hydrogen-bond acceptors (Lipinski definition) is 4. The van der Waals surface area contributed by atoms with E-state index < -0.39 is 5.79 Å². The Morgan fingerprint density at radius 3 is 2.53 bits per heavy atom. The van der Waals surface area contributed by atoms with E-state index in [1.54, 1.807) is 7.11 Å². The molecule has 1 heterocycles. The van der Waals surface area contributed by atoms with Gasteiger partial charge in [0.1, 0.15) is 6.10 Å². The Labute approximate surface area is 90.5 Å². The van der Waals surface area contributed by atoms with E-state index in [4.69, 9.17) is 14.2 Å². The predicted octanol–water partition coefficient (Wildman–Crippen LogP) is 0.924. The van der Waals surface area contributed by atoms with Gasteiger partial charge in [-0.1, -0.05) is 0 Å². The summed E-state index contributed by atoms with van der Waals surface area (Å²) in [5.41, 5.74) is 0. The van der Waals surface area contributed by atoms with Crippen molar-refractivity contribution in [2.75, 3.05) is 13.7 Å². The molecule has 2 fully saturated rings. The molecule has 1 N–H and O–H groups in total. The number of hydrogen-bond donors (Lipinski definition) is 1. The topological polar surface area (TPSA) is 47.9 Å². The average Bonchev–Trinajstić information content (AvgIpc) is 2.36. The van der Waals surface area contributed by atoms with E-state index in [1.807, 2.05) is 13.8 Å². The summed E-state index contributed by atoms with van der Waals surface area (Å²) < 4.78 is 16.7. The second-order valence-corrected chi connectivity index (χ2v) is 4.98. The highest BCUT2D eigenvalue weighted by Gasteiger charge is 2.48. The Morgan fingerprint density at radius 1 is 1.33 bits per heavy atom. The summed E-state index contributed by atoms with van der Waals surface area (Å²) in [6, 6.07) is 0. The molecule has 2 atom stereocenters. The first-order valence-electron chi connectivity index (χ1n) is 5.54. The van der Waals surface area contributed by atoms with Crippen LogP contribution in [-0.2, 0) is 14.2 Å². The van der Waals surface area contributed by atoms with Gasteiger partial charge < -0.3 is 19.3 Å². The van der Waals surface area contributed by atoms with E-state index >= 15 is 0 Å². The minimum Gasteiger partial charge on any atom is -0.393 e. The van der Waals surface area contributed by atoms with E-state index in [0.717, 1.165) is 12.8 Å². The van der Waals surface area contributed by atoms with E-state index in [1.165, 1.54) is 0 Å². The van der Waals surface area contributed by atoms with Crippen LogP contribution >= 0.6 is 0 Å². The molecule has 15 heavy (non-hydrogen) atoms. The fraction of sp³-hybridized carbons (Fsp3) is 1.00. The molecule has 0 bridgehead atoms.